The standard InChI is InChI=1S/C17H24O3/c1-3-20-16(18)12-17(2,19)15-10-8-14(9-11-15)13-6-4-5-7-13/h8-11,13,19H,3-7,12H2,1-2H3. The second-order valence-corrected chi connectivity index (χ2v) is 5.86. The number of hydrogen-bond donors (Lipinski definition) is 1. The monoisotopic (exact) mass is 276 g/mol. The van der Waals surface area contributed by atoms with Crippen molar-refractivity contribution >= 4 is 5.97 Å². The molecule has 0 aromatic heterocycles. The van der Waals surface area contributed by atoms with Crippen molar-refractivity contribution in [2.24, 2.45) is 0 Å². The molecule has 1 aromatic carbocycles. The minimum absolute atomic E-state index is 0.0103. The van der Waals surface area contributed by atoms with E-state index in [9.17, 15) is 9.90 Å². The molecule has 1 fully saturated rings. The van der Waals surface area contributed by atoms with Gasteiger partial charge in [0.2, 0.25) is 0 Å². The molecule has 1 unspecified atom stereocenters. The molecule has 3 nitrogen and oxygen atoms in total. The van der Waals surface area contributed by atoms with Crippen LogP contribution in [0.15, 0.2) is 24.3 Å². The third-order valence-corrected chi connectivity index (χ3v) is 4.15. The Balaban J connectivity index is 2.05. The molecule has 2 rings (SSSR count). The van der Waals surface area contributed by atoms with Crippen molar-refractivity contribution in [3.8, 4) is 0 Å². The number of carbonyl (C=O) groups is 1. The normalized spacial score (nSPS) is 18.8. The summed E-state index contributed by atoms with van der Waals surface area (Å²) in [6.45, 7) is 3.77. The first-order chi connectivity index (χ1) is 9.53. The zero-order chi connectivity index (χ0) is 14.6. The van der Waals surface area contributed by atoms with Crippen molar-refractivity contribution in [2.75, 3.05) is 6.61 Å². The molecular weight excluding hydrogens is 252 g/mol. The van der Waals surface area contributed by atoms with Crippen molar-refractivity contribution < 1.29 is 14.6 Å². The Labute approximate surface area is 121 Å². The number of carbonyl (C=O) groups excluding carboxylic acids is 1. The van der Waals surface area contributed by atoms with Crippen LogP contribution in [0.1, 0.15) is 63.0 Å². The summed E-state index contributed by atoms with van der Waals surface area (Å²) in [6.07, 6.45) is 5.14. The number of ether oxygens (including phenoxy) is 1. The molecule has 110 valence electrons. The van der Waals surface area contributed by atoms with Gasteiger partial charge in [-0.05, 0) is 43.7 Å². The van der Waals surface area contributed by atoms with Gasteiger partial charge in [-0.15, -0.1) is 0 Å². The number of esters is 1. The SMILES string of the molecule is CCOC(=O)CC(C)(O)c1ccc(C2CCCC2)cc1. The van der Waals surface area contributed by atoms with Crippen LogP contribution in [0.3, 0.4) is 0 Å². The fourth-order valence-electron chi connectivity index (χ4n) is 2.97. The topological polar surface area (TPSA) is 46.5 Å². The lowest BCUT2D eigenvalue weighted by Crippen LogP contribution is -2.26. The highest BCUT2D eigenvalue weighted by Crippen LogP contribution is 2.35. The predicted molar refractivity (Wildman–Crippen MR) is 78.5 cm³/mol. The summed E-state index contributed by atoms with van der Waals surface area (Å²) < 4.78 is 4.91. The van der Waals surface area contributed by atoms with E-state index in [4.69, 9.17) is 4.74 Å². The molecule has 0 saturated heterocycles. The summed E-state index contributed by atoms with van der Waals surface area (Å²) in [4.78, 5) is 11.5. The molecule has 1 saturated carbocycles. The number of benzene rings is 1. The van der Waals surface area contributed by atoms with E-state index in [1.807, 2.05) is 12.1 Å². The zero-order valence-corrected chi connectivity index (χ0v) is 12.4. The van der Waals surface area contributed by atoms with E-state index < -0.39 is 5.60 Å². The second kappa shape index (κ2) is 6.40. The molecule has 0 bridgehead atoms. The average Bonchev–Trinajstić information content (AvgIpc) is 2.92. The maximum Gasteiger partial charge on any atom is 0.309 e. The first-order valence-corrected chi connectivity index (χ1v) is 7.51. The highest BCUT2D eigenvalue weighted by atomic mass is 16.5. The van der Waals surface area contributed by atoms with Gasteiger partial charge in [-0.1, -0.05) is 37.1 Å². The Kier molecular flexibility index (Phi) is 4.81. The van der Waals surface area contributed by atoms with Crippen molar-refractivity contribution in [3.05, 3.63) is 35.4 Å². The fraction of sp³-hybridized carbons (Fsp3) is 0.588. The van der Waals surface area contributed by atoms with E-state index in [0.29, 0.717) is 12.5 Å². The van der Waals surface area contributed by atoms with Gasteiger partial charge in [0.15, 0.2) is 0 Å². The van der Waals surface area contributed by atoms with E-state index in [-0.39, 0.29) is 12.4 Å². The summed E-state index contributed by atoms with van der Waals surface area (Å²) in [5.74, 6) is 0.302. The van der Waals surface area contributed by atoms with Gasteiger partial charge >= 0.3 is 5.97 Å². The van der Waals surface area contributed by atoms with Crippen LogP contribution in [0.25, 0.3) is 0 Å². The van der Waals surface area contributed by atoms with Gasteiger partial charge in [0.25, 0.3) is 0 Å². The molecule has 0 heterocycles. The number of aliphatic hydroxyl groups is 1. The van der Waals surface area contributed by atoms with Gasteiger partial charge < -0.3 is 9.84 Å². The minimum atomic E-state index is -1.17. The molecule has 0 radical (unpaired) electrons. The van der Waals surface area contributed by atoms with E-state index in [0.717, 1.165) is 5.56 Å². The maximum atomic E-state index is 11.5. The Hall–Kier alpha value is -1.35. The van der Waals surface area contributed by atoms with Gasteiger partial charge in [-0.2, -0.15) is 0 Å². The summed E-state index contributed by atoms with van der Waals surface area (Å²) in [7, 11) is 0. The highest BCUT2D eigenvalue weighted by Gasteiger charge is 2.27. The predicted octanol–water partition coefficient (Wildman–Crippen LogP) is 3.50. The van der Waals surface area contributed by atoms with E-state index in [1.165, 1.54) is 31.2 Å². The third kappa shape index (κ3) is 3.60. The Morgan fingerprint density at radius 2 is 1.90 bits per heavy atom. The molecule has 3 heteroatoms. The van der Waals surface area contributed by atoms with Crippen molar-refractivity contribution in [1.29, 1.82) is 0 Å². The molecule has 0 amide bonds. The van der Waals surface area contributed by atoms with Crippen LogP contribution >= 0.6 is 0 Å². The van der Waals surface area contributed by atoms with Gasteiger partial charge in [0.05, 0.1) is 18.6 Å². The van der Waals surface area contributed by atoms with E-state index in [1.54, 1.807) is 13.8 Å². The summed E-state index contributed by atoms with van der Waals surface area (Å²) in [6, 6.07) is 8.05. The first kappa shape index (κ1) is 15.0. The van der Waals surface area contributed by atoms with Crippen LogP contribution in [0.2, 0.25) is 0 Å². The lowest BCUT2D eigenvalue weighted by Gasteiger charge is -2.23. The van der Waals surface area contributed by atoms with Crippen LogP contribution in [0, 0.1) is 0 Å². The lowest BCUT2D eigenvalue weighted by atomic mass is 9.89. The van der Waals surface area contributed by atoms with Crippen LogP contribution in [0.5, 0.6) is 0 Å². The number of rotatable bonds is 5. The quantitative estimate of drug-likeness (QED) is 0.837. The van der Waals surface area contributed by atoms with Crippen LogP contribution < -0.4 is 0 Å². The van der Waals surface area contributed by atoms with Crippen molar-refractivity contribution in [3.63, 3.8) is 0 Å². The molecule has 1 aliphatic rings. The van der Waals surface area contributed by atoms with E-state index in [2.05, 4.69) is 12.1 Å². The molecule has 0 spiro atoms. The largest absolute Gasteiger partial charge is 0.466 e. The minimum Gasteiger partial charge on any atom is -0.466 e. The first-order valence-electron chi connectivity index (χ1n) is 7.51. The van der Waals surface area contributed by atoms with Gasteiger partial charge in [0, 0.05) is 0 Å². The molecule has 1 atom stereocenters. The van der Waals surface area contributed by atoms with Gasteiger partial charge in [-0.25, -0.2) is 0 Å². The van der Waals surface area contributed by atoms with Gasteiger partial charge in [-0.3, -0.25) is 4.79 Å². The fourth-order valence-corrected chi connectivity index (χ4v) is 2.97. The van der Waals surface area contributed by atoms with E-state index >= 15 is 0 Å². The molecule has 0 aliphatic heterocycles. The van der Waals surface area contributed by atoms with Crippen molar-refractivity contribution in [1.82, 2.24) is 0 Å². The molecule has 1 aliphatic carbocycles. The molecular formula is C17H24O3. The van der Waals surface area contributed by atoms with Crippen LogP contribution in [-0.2, 0) is 15.1 Å². The zero-order valence-electron chi connectivity index (χ0n) is 12.4. The Morgan fingerprint density at radius 1 is 1.30 bits per heavy atom. The third-order valence-electron chi connectivity index (χ3n) is 4.15. The summed E-state index contributed by atoms with van der Waals surface area (Å²) in [5, 5.41) is 10.4. The smallest absolute Gasteiger partial charge is 0.309 e. The van der Waals surface area contributed by atoms with Gasteiger partial charge in [0.1, 0.15) is 0 Å². The Morgan fingerprint density at radius 3 is 2.45 bits per heavy atom. The second-order valence-electron chi connectivity index (χ2n) is 5.86. The molecule has 1 N–H and O–H groups in total. The summed E-state index contributed by atoms with van der Waals surface area (Å²) >= 11 is 0. The summed E-state index contributed by atoms with van der Waals surface area (Å²) in [5.41, 5.74) is 0.950. The highest BCUT2D eigenvalue weighted by molar-refractivity contribution is 5.71. The Bertz CT molecular complexity index is 442. The lowest BCUT2D eigenvalue weighted by molar-refractivity contribution is -0.148. The van der Waals surface area contributed by atoms with Crippen LogP contribution in [-0.4, -0.2) is 17.7 Å². The molecule has 20 heavy (non-hydrogen) atoms. The number of hydrogen-bond acceptors (Lipinski definition) is 3. The molecule has 1 aromatic rings. The van der Waals surface area contributed by atoms with Crippen molar-refractivity contribution in [2.45, 2.75) is 57.5 Å². The average molecular weight is 276 g/mol. The maximum absolute atomic E-state index is 11.5. The van der Waals surface area contributed by atoms with Crippen LogP contribution in [0.4, 0.5) is 0 Å².